The molecule has 0 bridgehead atoms. The number of halogens is 2. The van der Waals surface area contributed by atoms with Crippen LogP contribution in [0.5, 0.6) is 0 Å². The van der Waals surface area contributed by atoms with Crippen molar-refractivity contribution in [2.75, 3.05) is 11.2 Å². The number of carbonyl (C=O) groups excluding carboxylic acids is 3. The van der Waals surface area contributed by atoms with Gasteiger partial charge in [0.15, 0.2) is 0 Å². The SMILES string of the molecule is CCCCCC(CC(=O)NO)C(=O)NC([I-]C(C)C)C(=O)N1CCCC1[I-]CO. The molecular weight excluding hydrogens is 604 g/mol. The van der Waals surface area contributed by atoms with Gasteiger partial charge in [0.05, 0.1) is 0 Å². The number of rotatable bonds is 13. The molecule has 3 amide bonds. The third-order valence-corrected chi connectivity index (χ3v) is 10.4. The first-order valence-corrected chi connectivity index (χ1v) is 15.4. The molecule has 0 aromatic carbocycles. The molecular formula is C19H35I2N3O5-2. The number of amides is 3. The predicted octanol–water partition coefficient (Wildman–Crippen LogP) is -4.99. The van der Waals surface area contributed by atoms with Gasteiger partial charge in [-0.25, -0.2) is 0 Å². The van der Waals surface area contributed by atoms with Crippen molar-refractivity contribution in [3.8, 4) is 0 Å². The summed E-state index contributed by atoms with van der Waals surface area (Å²) in [5.41, 5.74) is 1.61. The zero-order valence-electron chi connectivity index (χ0n) is 17.5. The fourth-order valence-electron chi connectivity index (χ4n) is 3.24. The third kappa shape index (κ3) is 9.64. The summed E-state index contributed by atoms with van der Waals surface area (Å²) in [6, 6.07) is 0. The Morgan fingerprint density at radius 3 is 2.55 bits per heavy atom. The van der Waals surface area contributed by atoms with Gasteiger partial charge in [0.2, 0.25) is 0 Å². The van der Waals surface area contributed by atoms with Gasteiger partial charge in [0.1, 0.15) is 0 Å². The first-order chi connectivity index (χ1) is 13.8. The zero-order chi connectivity index (χ0) is 21.8. The summed E-state index contributed by atoms with van der Waals surface area (Å²) in [4.78, 5) is 39.7. The molecule has 1 fully saturated rings. The van der Waals surface area contributed by atoms with E-state index in [1.165, 1.54) is 0 Å². The molecule has 172 valence electrons. The van der Waals surface area contributed by atoms with Crippen molar-refractivity contribution in [3.05, 3.63) is 0 Å². The minimum absolute atomic E-state index is 0.0329. The first-order valence-electron chi connectivity index (χ1n) is 10.2. The molecule has 1 saturated heterocycles. The van der Waals surface area contributed by atoms with Crippen LogP contribution in [0.2, 0.25) is 0 Å². The van der Waals surface area contributed by atoms with E-state index in [0.717, 1.165) is 32.1 Å². The second kappa shape index (κ2) is 14.7. The number of aliphatic hydroxyl groups is 1. The first kappa shape index (κ1) is 26.8. The number of aliphatic hydroxyl groups excluding tert-OH is 1. The van der Waals surface area contributed by atoms with E-state index in [-0.39, 0.29) is 26.9 Å². The summed E-state index contributed by atoms with van der Waals surface area (Å²) in [7, 11) is 0. The van der Waals surface area contributed by atoms with Crippen LogP contribution in [0.3, 0.4) is 0 Å². The number of unbranched alkanes of at least 4 members (excludes halogenated alkanes) is 2. The summed E-state index contributed by atoms with van der Waals surface area (Å²) in [5, 5.41) is 21.1. The molecule has 0 saturated carbocycles. The van der Waals surface area contributed by atoms with E-state index in [4.69, 9.17) is 5.21 Å². The van der Waals surface area contributed by atoms with E-state index in [1.54, 1.807) is 5.48 Å². The Bertz CT molecular complexity index is 536. The van der Waals surface area contributed by atoms with E-state index >= 15 is 0 Å². The van der Waals surface area contributed by atoms with E-state index in [0.29, 0.717) is 16.9 Å². The summed E-state index contributed by atoms with van der Waals surface area (Å²) in [6.07, 6.45) is 5.12. The molecule has 0 aliphatic carbocycles. The monoisotopic (exact) mass is 639 g/mol. The molecule has 1 rings (SSSR count). The van der Waals surface area contributed by atoms with Gasteiger partial charge in [0.25, 0.3) is 0 Å². The molecule has 0 radical (unpaired) electrons. The molecule has 8 nitrogen and oxygen atoms in total. The Kier molecular flexibility index (Phi) is 13.6. The van der Waals surface area contributed by atoms with Crippen LogP contribution in [0.1, 0.15) is 65.7 Å². The van der Waals surface area contributed by atoms with Gasteiger partial charge in [-0.1, -0.05) is 0 Å². The van der Waals surface area contributed by atoms with Gasteiger partial charge in [-0.05, 0) is 0 Å². The van der Waals surface area contributed by atoms with Crippen LogP contribution in [-0.4, -0.2) is 56.1 Å². The minimum atomic E-state index is -0.612. The Morgan fingerprint density at radius 1 is 1.24 bits per heavy atom. The second-order valence-electron chi connectivity index (χ2n) is 7.32. The number of nitrogens with zero attached hydrogens (tertiary/aromatic N) is 1. The third-order valence-electron chi connectivity index (χ3n) is 4.66. The van der Waals surface area contributed by atoms with Crippen molar-refractivity contribution >= 4 is 17.7 Å². The molecule has 0 aromatic heterocycles. The molecule has 0 spiro atoms. The number of hydroxylamine groups is 1. The van der Waals surface area contributed by atoms with Crippen LogP contribution < -0.4 is 53.2 Å². The van der Waals surface area contributed by atoms with Crippen molar-refractivity contribution in [1.82, 2.24) is 15.7 Å². The standard InChI is InChI=1S/C19H35I2N3O5/c1-4-5-6-8-14(11-16(26)23-29)18(27)22-17(21-13(2)3)19(28)24-10-7-9-15(24)20-12-25/h13-15,17,25,29H,4-12H2,1-3H3,(H,22,27)(H,23,26)/q-2. The molecule has 1 heterocycles. The van der Waals surface area contributed by atoms with Crippen molar-refractivity contribution in [2.24, 2.45) is 5.92 Å². The average Bonchev–Trinajstić information content (AvgIpc) is 3.14. The van der Waals surface area contributed by atoms with Gasteiger partial charge in [-0.15, -0.1) is 0 Å². The average molecular weight is 639 g/mol. The van der Waals surface area contributed by atoms with Crippen LogP contribution in [0.25, 0.3) is 0 Å². The number of nitrogens with one attached hydrogen (secondary N) is 2. The molecule has 0 aromatic rings. The van der Waals surface area contributed by atoms with Gasteiger partial charge >= 0.3 is 195 Å². The molecule has 29 heavy (non-hydrogen) atoms. The Balaban J connectivity index is 2.87. The molecule has 3 unspecified atom stereocenters. The van der Waals surface area contributed by atoms with Gasteiger partial charge < -0.3 is 0 Å². The Hall–Kier alpha value is -0.210. The van der Waals surface area contributed by atoms with Crippen LogP contribution in [-0.2, 0) is 14.4 Å². The molecule has 3 atom stereocenters. The predicted molar refractivity (Wildman–Crippen MR) is 101 cm³/mol. The zero-order valence-corrected chi connectivity index (χ0v) is 21.8. The topological polar surface area (TPSA) is 119 Å². The quantitative estimate of drug-likeness (QED) is 0.0403. The van der Waals surface area contributed by atoms with Crippen LogP contribution in [0, 0.1) is 5.92 Å². The van der Waals surface area contributed by atoms with Gasteiger partial charge in [-0.3, -0.25) is 0 Å². The van der Waals surface area contributed by atoms with E-state index in [1.807, 2.05) is 4.90 Å². The fourth-order valence-corrected chi connectivity index (χ4v) is 8.19. The summed E-state index contributed by atoms with van der Waals surface area (Å²) in [5.74, 6) is -1.46. The number of likely N-dealkylation sites (tertiary alicyclic amines) is 1. The normalized spacial score (nSPS) is 18.8. The van der Waals surface area contributed by atoms with Crippen molar-refractivity contribution < 1.29 is 67.1 Å². The van der Waals surface area contributed by atoms with Crippen molar-refractivity contribution in [1.29, 1.82) is 0 Å². The van der Waals surface area contributed by atoms with E-state index < -0.39 is 58.3 Å². The van der Waals surface area contributed by atoms with E-state index in [2.05, 4.69) is 26.1 Å². The maximum absolute atomic E-state index is 13.2. The van der Waals surface area contributed by atoms with E-state index in [9.17, 15) is 19.5 Å². The number of hydrogen-bond donors (Lipinski definition) is 4. The van der Waals surface area contributed by atoms with Crippen molar-refractivity contribution in [3.63, 3.8) is 0 Å². The van der Waals surface area contributed by atoms with Crippen LogP contribution in [0.4, 0.5) is 0 Å². The molecule has 1 aliphatic rings. The fraction of sp³-hybridized carbons (Fsp3) is 0.842. The van der Waals surface area contributed by atoms with Crippen LogP contribution >= 0.6 is 0 Å². The number of alkyl halides is 4. The van der Waals surface area contributed by atoms with Gasteiger partial charge in [-0.2, -0.15) is 0 Å². The Labute approximate surface area is 194 Å². The second-order valence-corrected chi connectivity index (χ2v) is 14.8. The Morgan fingerprint density at radius 2 is 1.97 bits per heavy atom. The summed E-state index contributed by atoms with van der Waals surface area (Å²) in [6.45, 7) is 6.86. The molecule has 1 aliphatic heterocycles. The molecule has 10 heteroatoms. The summed E-state index contributed by atoms with van der Waals surface area (Å²) < 4.78 is 0.105. The number of hydrogen-bond acceptors (Lipinski definition) is 5. The van der Waals surface area contributed by atoms with Gasteiger partial charge in [0, 0.05) is 0 Å². The number of carbonyl (C=O) groups is 3. The molecule has 4 N–H and O–H groups in total. The maximum atomic E-state index is 13.2. The van der Waals surface area contributed by atoms with Crippen LogP contribution in [0.15, 0.2) is 0 Å². The summed E-state index contributed by atoms with van der Waals surface area (Å²) >= 11 is -1.09. The van der Waals surface area contributed by atoms with Crippen molar-refractivity contribution in [2.45, 2.75) is 77.7 Å².